The molecule has 1 saturated carbocycles. The van der Waals surface area contributed by atoms with E-state index in [1.807, 2.05) is 13.8 Å². The number of methoxy groups -OCH3 is 1. The number of hydrogen-bond donors (Lipinski definition) is 3. The molecule has 1 fully saturated rings. The molecule has 6 nitrogen and oxygen atoms in total. The summed E-state index contributed by atoms with van der Waals surface area (Å²) in [5.74, 6) is 0.0254. The van der Waals surface area contributed by atoms with Crippen molar-refractivity contribution in [3.8, 4) is 5.75 Å². The highest BCUT2D eigenvalue weighted by atomic mass is 16.5. The molecule has 1 aliphatic rings. The molecule has 132 valence electrons. The van der Waals surface area contributed by atoms with Crippen molar-refractivity contribution in [3.63, 3.8) is 0 Å². The highest BCUT2D eigenvalue weighted by Gasteiger charge is 2.47. The van der Waals surface area contributed by atoms with Crippen molar-refractivity contribution in [1.29, 1.82) is 0 Å². The maximum atomic E-state index is 12.0. The van der Waals surface area contributed by atoms with Gasteiger partial charge in [-0.3, -0.25) is 9.59 Å². The Balaban J connectivity index is 1.79. The Labute approximate surface area is 142 Å². The molecule has 1 aromatic rings. The summed E-state index contributed by atoms with van der Waals surface area (Å²) in [5.41, 5.74) is -0.644. The number of hydrogen-bond acceptors (Lipinski definition) is 4. The van der Waals surface area contributed by atoms with E-state index in [0.717, 1.165) is 12.8 Å². The predicted octanol–water partition coefficient (Wildman–Crippen LogP) is 1.48. The van der Waals surface area contributed by atoms with Crippen LogP contribution in [0.4, 0.5) is 0 Å². The van der Waals surface area contributed by atoms with Gasteiger partial charge in [-0.2, -0.15) is 0 Å². The maximum Gasteiger partial charge on any atom is 0.251 e. The van der Waals surface area contributed by atoms with Gasteiger partial charge in [0.15, 0.2) is 0 Å². The molecule has 24 heavy (non-hydrogen) atoms. The molecule has 0 saturated heterocycles. The molecule has 2 rings (SSSR count). The molecule has 1 aliphatic carbocycles. The number of aliphatic hydroxyl groups is 1. The van der Waals surface area contributed by atoms with Gasteiger partial charge in [0.1, 0.15) is 5.75 Å². The molecule has 0 aromatic heterocycles. The molecular formula is C18H26N2O4. The first-order chi connectivity index (χ1) is 11.3. The topological polar surface area (TPSA) is 87.7 Å². The van der Waals surface area contributed by atoms with Crippen LogP contribution in [0.25, 0.3) is 0 Å². The van der Waals surface area contributed by atoms with E-state index < -0.39 is 5.60 Å². The van der Waals surface area contributed by atoms with Gasteiger partial charge in [-0.15, -0.1) is 0 Å². The molecular weight excluding hydrogens is 308 g/mol. The number of benzene rings is 1. The van der Waals surface area contributed by atoms with Gasteiger partial charge in [0.25, 0.3) is 5.91 Å². The lowest BCUT2D eigenvalue weighted by Gasteiger charge is -2.36. The Bertz CT molecular complexity index is 598. The third-order valence-corrected chi connectivity index (χ3v) is 4.99. The third-order valence-electron chi connectivity index (χ3n) is 4.99. The number of carbonyl (C=O) groups excluding carboxylic acids is 2. The van der Waals surface area contributed by atoms with Crippen LogP contribution >= 0.6 is 0 Å². The Morgan fingerprint density at radius 3 is 2.38 bits per heavy atom. The van der Waals surface area contributed by atoms with Gasteiger partial charge in [0, 0.05) is 12.1 Å². The zero-order valence-electron chi connectivity index (χ0n) is 14.5. The van der Waals surface area contributed by atoms with Crippen LogP contribution in [0, 0.1) is 5.41 Å². The minimum Gasteiger partial charge on any atom is -0.497 e. The summed E-state index contributed by atoms with van der Waals surface area (Å²) in [5, 5.41) is 16.0. The van der Waals surface area contributed by atoms with E-state index >= 15 is 0 Å². The second-order valence-corrected chi connectivity index (χ2v) is 6.96. The van der Waals surface area contributed by atoms with E-state index in [2.05, 4.69) is 10.6 Å². The van der Waals surface area contributed by atoms with Crippen molar-refractivity contribution < 1.29 is 19.4 Å². The first kappa shape index (κ1) is 18.3. The van der Waals surface area contributed by atoms with Gasteiger partial charge in [0.2, 0.25) is 5.91 Å². The van der Waals surface area contributed by atoms with Gasteiger partial charge in [-0.25, -0.2) is 0 Å². The van der Waals surface area contributed by atoms with Crippen molar-refractivity contribution >= 4 is 11.8 Å². The molecule has 6 heteroatoms. The maximum absolute atomic E-state index is 12.0. The first-order valence-corrected chi connectivity index (χ1v) is 8.19. The zero-order chi connectivity index (χ0) is 17.8. The summed E-state index contributed by atoms with van der Waals surface area (Å²) in [6.07, 6.45) is 2.57. The molecule has 0 spiro atoms. The second-order valence-electron chi connectivity index (χ2n) is 6.96. The lowest BCUT2D eigenvalue weighted by molar-refractivity contribution is -0.122. The minimum atomic E-state index is -0.886. The Morgan fingerprint density at radius 2 is 1.83 bits per heavy atom. The molecule has 0 heterocycles. The number of amides is 2. The Hall–Kier alpha value is -2.08. The highest BCUT2D eigenvalue weighted by Crippen LogP contribution is 2.45. The van der Waals surface area contributed by atoms with Gasteiger partial charge in [-0.05, 0) is 48.9 Å². The van der Waals surface area contributed by atoms with Gasteiger partial charge >= 0.3 is 0 Å². The first-order valence-electron chi connectivity index (χ1n) is 8.19. The van der Waals surface area contributed by atoms with Crippen LogP contribution in [0.2, 0.25) is 0 Å². The number of nitrogens with one attached hydrogen (secondary N) is 2. The quantitative estimate of drug-likeness (QED) is 0.735. The highest BCUT2D eigenvalue weighted by molar-refractivity contribution is 5.96. The summed E-state index contributed by atoms with van der Waals surface area (Å²) >= 11 is 0. The third kappa shape index (κ3) is 4.06. The molecule has 0 radical (unpaired) electrons. The standard InChI is InChI=1S/C18H26N2O4/c1-17(2)9-4-10-18(17,23)12-20-15(21)11-19-16(22)13-5-7-14(24-3)8-6-13/h5-8,23H,4,9-12H2,1-3H3,(H,19,22)(H,20,21). The Kier molecular flexibility index (Phi) is 5.49. The van der Waals surface area contributed by atoms with Crippen LogP contribution in [0.3, 0.4) is 0 Å². The van der Waals surface area contributed by atoms with E-state index in [1.54, 1.807) is 31.4 Å². The van der Waals surface area contributed by atoms with Crippen molar-refractivity contribution in [2.24, 2.45) is 5.41 Å². The van der Waals surface area contributed by atoms with Crippen LogP contribution in [0.1, 0.15) is 43.5 Å². The van der Waals surface area contributed by atoms with E-state index in [1.165, 1.54) is 0 Å². The van der Waals surface area contributed by atoms with Crippen LogP contribution in [-0.4, -0.2) is 42.7 Å². The number of ether oxygens (including phenoxy) is 1. The molecule has 0 aliphatic heterocycles. The summed E-state index contributed by atoms with van der Waals surface area (Å²) in [6, 6.07) is 6.64. The van der Waals surface area contributed by atoms with Crippen LogP contribution in [-0.2, 0) is 4.79 Å². The van der Waals surface area contributed by atoms with E-state index in [0.29, 0.717) is 17.7 Å². The zero-order valence-corrected chi connectivity index (χ0v) is 14.5. The molecule has 2 amide bonds. The lowest BCUT2D eigenvalue weighted by Crippen LogP contribution is -2.51. The normalized spacial score (nSPS) is 22.0. The van der Waals surface area contributed by atoms with Gasteiger partial charge in [-0.1, -0.05) is 13.8 Å². The van der Waals surface area contributed by atoms with Crippen molar-refractivity contribution in [2.75, 3.05) is 20.2 Å². The number of carbonyl (C=O) groups is 2. The largest absolute Gasteiger partial charge is 0.497 e. The van der Waals surface area contributed by atoms with Crippen molar-refractivity contribution in [2.45, 2.75) is 38.7 Å². The summed E-state index contributed by atoms with van der Waals surface area (Å²) in [7, 11) is 1.55. The van der Waals surface area contributed by atoms with Crippen LogP contribution in [0.15, 0.2) is 24.3 Å². The summed E-state index contributed by atoms with van der Waals surface area (Å²) in [4.78, 5) is 23.9. The fraction of sp³-hybridized carbons (Fsp3) is 0.556. The van der Waals surface area contributed by atoms with Gasteiger partial charge in [0.05, 0.1) is 19.3 Å². The predicted molar refractivity (Wildman–Crippen MR) is 90.9 cm³/mol. The fourth-order valence-corrected chi connectivity index (χ4v) is 3.03. The SMILES string of the molecule is COc1ccc(C(=O)NCC(=O)NCC2(O)CCCC2(C)C)cc1. The van der Waals surface area contributed by atoms with Crippen LogP contribution in [0.5, 0.6) is 5.75 Å². The van der Waals surface area contributed by atoms with Crippen LogP contribution < -0.4 is 15.4 Å². The smallest absolute Gasteiger partial charge is 0.251 e. The molecule has 1 unspecified atom stereocenters. The van der Waals surface area contributed by atoms with Gasteiger partial charge < -0.3 is 20.5 Å². The van der Waals surface area contributed by atoms with E-state index in [9.17, 15) is 14.7 Å². The van der Waals surface area contributed by atoms with Crippen molar-refractivity contribution in [3.05, 3.63) is 29.8 Å². The average Bonchev–Trinajstić information content (AvgIpc) is 2.84. The molecule has 1 atom stereocenters. The number of rotatable bonds is 6. The van der Waals surface area contributed by atoms with Crippen molar-refractivity contribution in [1.82, 2.24) is 10.6 Å². The monoisotopic (exact) mass is 334 g/mol. The van der Waals surface area contributed by atoms with E-state index in [4.69, 9.17) is 4.74 Å². The molecule has 1 aromatic carbocycles. The second kappa shape index (κ2) is 7.21. The molecule has 0 bridgehead atoms. The minimum absolute atomic E-state index is 0.124. The van der Waals surface area contributed by atoms with E-state index in [-0.39, 0.29) is 30.3 Å². The average molecular weight is 334 g/mol. The Morgan fingerprint density at radius 1 is 1.17 bits per heavy atom. The summed E-state index contributed by atoms with van der Waals surface area (Å²) < 4.78 is 5.03. The lowest BCUT2D eigenvalue weighted by atomic mass is 9.78. The fourth-order valence-electron chi connectivity index (χ4n) is 3.03. The molecule has 3 N–H and O–H groups in total. The summed E-state index contributed by atoms with van der Waals surface area (Å²) in [6.45, 7) is 4.10.